The summed E-state index contributed by atoms with van der Waals surface area (Å²) in [7, 11) is 0. The van der Waals surface area contributed by atoms with Crippen LogP contribution in [0.5, 0.6) is 0 Å². The molecular weight excluding hydrogens is 582 g/mol. The zero-order valence-electron chi connectivity index (χ0n) is 31.4. The molecule has 0 heterocycles. The van der Waals surface area contributed by atoms with Crippen LogP contribution < -0.4 is 5.32 Å². The maximum Gasteiger partial charge on any atom is 0.249 e. The minimum atomic E-state index is -1.08. The molecule has 3 unspecified atom stereocenters. The predicted octanol–water partition coefficient (Wildman–Crippen LogP) is 11.4. The Morgan fingerprint density at radius 3 is 1.28 bits per heavy atom. The summed E-state index contributed by atoms with van der Waals surface area (Å²) in [5.74, 6) is -0.482. The van der Waals surface area contributed by atoms with E-state index in [-0.39, 0.29) is 6.61 Å². The van der Waals surface area contributed by atoms with Crippen LogP contribution in [-0.2, 0) is 4.79 Å². The quantitative estimate of drug-likeness (QED) is 0.0393. The van der Waals surface area contributed by atoms with Gasteiger partial charge in [-0.2, -0.15) is 0 Å². The number of rotatable bonds is 37. The molecule has 278 valence electrons. The lowest BCUT2D eigenvalue weighted by Gasteiger charge is -2.23. The van der Waals surface area contributed by atoms with Gasteiger partial charge in [0.25, 0.3) is 0 Å². The molecule has 5 heteroatoms. The highest BCUT2D eigenvalue weighted by atomic mass is 16.3. The SMILES string of the molecule is CCCCC/C=C\C=C/CCCCCCCC(O)C(=O)NC(CO)C(O)CCCCCCCCCCCCCCCCCCCCC. The maximum absolute atomic E-state index is 12.4. The number of nitrogens with one attached hydrogen (secondary N) is 1. The third-order valence-electron chi connectivity index (χ3n) is 9.60. The van der Waals surface area contributed by atoms with E-state index in [1.54, 1.807) is 0 Å². The van der Waals surface area contributed by atoms with E-state index in [1.165, 1.54) is 141 Å². The van der Waals surface area contributed by atoms with Crippen LogP contribution in [0, 0.1) is 0 Å². The largest absolute Gasteiger partial charge is 0.394 e. The van der Waals surface area contributed by atoms with Gasteiger partial charge in [0, 0.05) is 0 Å². The van der Waals surface area contributed by atoms with Crippen molar-refractivity contribution < 1.29 is 20.1 Å². The summed E-state index contributed by atoms with van der Waals surface area (Å²) in [6.07, 6.45) is 44.5. The van der Waals surface area contributed by atoms with E-state index in [9.17, 15) is 20.1 Å². The van der Waals surface area contributed by atoms with Gasteiger partial charge in [-0.05, 0) is 38.5 Å². The van der Waals surface area contributed by atoms with Gasteiger partial charge >= 0.3 is 0 Å². The number of aliphatic hydroxyl groups is 3. The average Bonchev–Trinajstić information content (AvgIpc) is 3.07. The lowest BCUT2D eigenvalue weighted by Crippen LogP contribution is -2.49. The second-order valence-electron chi connectivity index (χ2n) is 14.2. The fourth-order valence-corrected chi connectivity index (χ4v) is 6.30. The first-order chi connectivity index (χ1) is 23.1. The molecule has 4 N–H and O–H groups in total. The maximum atomic E-state index is 12.4. The van der Waals surface area contributed by atoms with Crippen LogP contribution in [0.2, 0.25) is 0 Å². The van der Waals surface area contributed by atoms with Gasteiger partial charge in [-0.3, -0.25) is 4.79 Å². The molecule has 5 nitrogen and oxygen atoms in total. The van der Waals surface area contributed by atoms with Crippen molar-refractivity contribution in [3.63, 3.8) is 0 Å². The zero-order chi connectivity index (χ0) is 34.5. The molecule has 0 aliphatic heterocycles. The molecule has 0 aromatic rings. The minimum Gasteiger partial charge on any atom is -0.394 e. The molecule has 0 aromatic heterocycles. The number of carbonyl (C=O) groups is 1. The van der Waals surface area contributed by atoms with Crippen LogP contribution in [-0.4, -0.2) is 46.1 Å². The Kier molecular flexibility index (Phi) is 36.7. The number of hydrogen-bond donors (Lipinski definition) is 4. The van der Waals surface area contributed by atoms with E-state index in [2.05, 4.69) is 43.5 Å². The first-order valence-corrected chi connectivity index (χ1v) is 20.7. The number of carbonyl (C=O) groups excluding carboxylic acids is 1. The van der Waals surface area contributed by atoms with Crippen molar-refractivity contribution in [2.24, 2.45) is 0 Å². The summed E-state index contributed by atoms with van der Waals surface area (Å²) < 4.78 is 0. The van der Waals surface area contributed by atoms with E-state index >= 15 is 0 Å². The molecule has 0 rings (SSSR count). The number of amides is 1. The molecule has 0 aromatic carbocycles. The fourth-order valence-electron chi connectivity index (χ4n) is 6.30. The van der Waals surface area contributed by atoms with Crippen LogP contribution in [0.25, 0.3) is 0 Å². The standard InChI is InChI=1S/C42H81NO4/c1-3-5-7-9-11-13-15-17-19-20-21-22-23-25-26-28-30-32-34-36-40(45)39(38-44)43-42(47)41(46)37-35-33-31-29-27-24-18-16-14-12-10-8-6-4-2/h12,14,16,18,39-41,44-46H,3-11,13,15,17,19-38H2,1-2H3,(H,43,47)/b14-12-,18-16-. The van der Waals surface area contributed by atoms with Crippen molar-refractivity contribution in [2.45, 2.75) is 231 Å². The smallest absolute Gasteiger partial charge is 0.249 e. The molecule has 0 saturated carbocycles. The van der Waals surface area contributed by atoms with E-state index in [0.717, 1.165) is 44.9 Å². The highest BCUT2D eigenvalue weighted by Gasteiger charge is 2.23. The molecule has 0 saturated heterocycles. The predicted molar refractivity (Wildman–Crippen MR) is 204 cm³/mol. The van der Waals surface area contributed by atoms with Crippen LogP contribution in [0.15, 0.2) is 24.3 Å². The Morgan fingerprint density at radius 2 is 0.851 bits per heavy atom. The fraction of sp³-hybridized carbons (Fsp3) is 0.881. The minimum absolute atomic E-state index is 0.318. The van der Waals surface area contributed by atoms with Gasteiger partial charge in [0.1, 0.15) is 6.10 Å². The Morgan fingerprint density at radius 1 is 0.511 bits per heavy atom. The summed E-state index contributed by atoms with van der Waals surface area (Å²) in [6, 6.07) is -0.716. The van der Waals surface area contributed by atoms with E-state index in [1.807, 2.05) is 0 Å². The Bertz CT molecular complexity index is 694. The normalized spacial score (nSPS) is 13.9. The van der Waals surface area contributed by atoms with E-state index in [0.29, 0.717) is 12.8 Å². The van der Waals surface area contributed by atoms with Gasteiger partial charge in [0.05, 0.1) is 18.8 Å². The van der Waals surface area contributed by atoms with Crippen LogP contribution in [0.3, 0.4) is 0 Å². The third-order valence-corrected chi connectivity index (χ3v) is 9.60. The van der Waals surface area contributed by atoms with Crippen molar-refractivity contribution in [1.82, 2.24) is 5.32 Å². The summed E-state index contributed by atoms with van der Waals surface area (Å²) in [5.41, 5.74) is 0. The second-order valence-corrected chi connectivity index (χ2v) is 14.2. The second kappa shape index (κ2) is 37.6. The summed E-state index contributed by atoms with van der Waals surface area (Å²) >= 11 is 0. The molecule has 1 amide bonds. The number of allylic oxidation sites excluding steroid dienone is 4. The van der Waals surface area contributed by atoms with Crippen molar-refractivity contribution in [3.8, 4) is 0 Å². The molecule has 3 atom stereocenters. The first kappa shape index (κ1) is 45.8. The molecular formula is C42H81NO4. The van der Waals surface area contributed by atoms with Crippen LogP contribution in [0.1, 0.15) is 213 Å². The summed E-state index contributed by atoms with van der Waals surface area (Å²) in [4.78, 5) is 12.4. The van der Waals surface area contributed by atoms with Crippen LogP contribution in [0.4, 0.5) is 0 Å². The molecule has 0 aliphatic carbocycles. The Hall–Kier alpha value is -1.17. The monoisotopic (exact) mass is 664 g/mol. The van der Waals surface area contributed by atoms with Gasteiger partial charge in [-0.25, -0.2) is 0 Å². The highest BCUT2D eigenvalue weighted by Crippen LogP contribution is 2.16. The third kappa shape index (κ3) is 33.1. The molecule has 47 heavy (non-hydrogen) atoms. The summed E-state index contributed by atoms with van der Waals surface area (Å²) in [6.45, 7) is 4.19. The number of unbranched alkanes of at least 4 members (excludes halogenated alkanes) is 26. The Labute approximate surface area is 292 Å². The lowest BCUT2D eigenvalue weighted by molar-refractivity contribution is -0.131. The molecule has 0 aliphatic rings. The number of hydrogen-bond acceptors (Lipinski definition) is 4. The van der Waals surface area contributed by atoms with Crippen molar-refractivity contribution in [2.75, 3.05) is 6.61 Å². The molecule has 0 fully saturated rings. The zero-order valence-corrected chi connectivity index (χ0v) is 31.4. The van der Waals surface area contributed by atoms with Gasteiger partial charge in [-0.1, -0.05) is 199 Å². The Balaban J connectivity index is 3.65. The lowest BCUT2D eigenvalue weighted by atomic mass is 10.0. The van der Waals surface area contributed by atoms with E-state index < -0.39 is 24.2 Å². The molecule has 0 bridgehead atoms. The van der Waals surface area contributed by atoms with Crippen molar-refractivity contribution in [3.05, 3.63) is 24.3 Å². The van der Waals surface area contributed by atoms with E-state index in [4.69, 9.17) is 0 Å². The topological polar surface area (TPSA) is 89.8 Å². The number of aliphatic hydroxyl groups excluding tert-OH is 3. The van der Waals surface area contributed by atoms with Gasteiger partial charge in [0.2, 0.25) is 5.91 Å². The van der Waals surface area contributed by atoms with Crippen LogP contribution >= 0.6 is 0 Å². The van der Waals surface area contributed by atoms with Gasteiger partial charge in [-0.15, -0.1) is 0 Å². The first-order valence-electron chi connectivity index (χ1n) is 20.7. The van der Waals surface area contributed by atoms with Crippen molar-refractivity contribution in [1.29, 1.82) is 0 Å². The van der Waals surface area contributed by atoms with Crippen molar-refractivity contribution >= 4 is 5.91 Å². The van der Waals surface area contributed by atoms with Gasteiger partial charge in [0.15, 0.2) is 0 Å². The summed E-state index contributed by atoms with van der Waals surface area (Å²) in [5, 5.41) is 33.2. The average molecular weight is 664 g/mol. The molecule has 0 radical (unpaired) electrons. The van der Waals surface area contributed by atoms with Gasteiger partial charge < -0.3 is 20.6 Å². The highest BCUT2D eigenvalue weighted by molar-refractivity contribution is 5.80. The molecule has 0 spiro atoms.